The molecular weight excluding hydrogens is 466 g/mol. The number of hydrogen-bond acceptors (Lipinski definition) is 8. The van der Waals surface area contributed by atoms with Crippen LogP contribution in [-0.2, 0) is 30.4 Å². The number of aliphatic imine (C=N–C) groups is 1. The quantitative estimate of drug-likeness (QED) is 0.0647. The molecule has 16 nitrogen and oxygen atoms in total. The number of aromatic amines is 1. The zero-order valence-corrected chi connectivity index (χ0v) is 19.1. The lowest BCUT2D eigenvalue weighted by Gasteiger charge is -2.24. The zero-order valence-electron chi connectivity index (χ0n) is 19.1. The van der Waals surface area contributed by atoms with Gasteiger partial charge in [0.2, 0.25) is 17.7 Å². The van der Waals surface area contributed by atoms with E-state index < -0.39 is 60.2 Å². The predicted octanol–water partition coefficient (Wildman–Crippen LogP) is -3.63. The molecule has 0 aromatic carbocycles. The molecule has 35 heavy (non-hydrogen) atoms. The van der Waals surface area contributed by atoms with Crippen molar-refractivity contribution in [2.45, 2.75) is 56.8 Å². The number of aromatic nitrogens is 2. The maximum absolute atomic E-state index is 12.8. The van der Waals surface area contributed by atoms with Gasteiger partial charge in [-0.15, -0.1) is 0 Å². The van der Waals surface area contributed by atoms with E-state index in [-0.39, 0.29) is 31.8 Å². The van der Waals surface area contributed by atoms with Crippen LogP contribution in [0, 0.1) is 0 Å². The zero-order chi connectivity index (χ0) is 26.5. The predicted molar refractivity (Wildman–Crippen MR) is 122 cm³/mol. The first-order chi connectivity index (χ1) is 16.4. The molecule has 194 valence electrons. The lowest BCUT2D eigenvalue weighted by molar-refractivity contribution is -0.143. The van der Waals surface area contributed by atoms with Gasteiger partial charge in [-0.25, -0.2) is 4.98 Å². The van der Waals surface area contributed by atoms with E-state index in [0.29, 0.717) is 5.69 Å². The molecule has 1 aromatic heterocycles. The lowest BCUT2D eigenvalue weighted by atomic mass is 10.1. The van der Waals surface area contributed by atoms with Gasteiger partial charge < -0.3 is 48.3 Å². The molecule has 0 radical (unpaired) electrons. The van der Waals surface area contributed by atoms with Gasteiger partial charge in [0.15, 0.2) is 5.96 Å². The highest BCUT2D eigenvalue weighted by atomic mass is 16.4. The number of nitrogens with zero attached hydrogens (tertiary/aromatic N) is 2. The van der Waals surface area contributed by atoms with E-state index in [1.165, 1.54) is 19.4 Å². The summed E-state index contributed by atoms with van der Waals surface area (Å²) in [6.07, 6.45) is 2.33. The number of carbonyl (C=O) groups is 5. The fourth-order valence-electron chi connectivity index (χ4n) is 2.81. The molecule has 0 saturated carbocycles. The number of amides is 3. The summed E-state index contributed by atoms with van der Waals surface area (Å²) in [5, 5.41) is 25.1. The van der Waals surface area contributed by atoms with Crippen LogP contribution >= 0.6 is 0 Å². The Kier molecular flexibility index (Phi) is 11.6. The molecule has 4 unspecified atom stereocenters. The van der Waals surface area contributed by atoms with Gasteiger partial charge in [0.25, 0.3) is 0 Å². The van der Waals surface area contributed by atoms with E-state index in [0.717, 1.165) is 0 Å². The van der Waals surface area contributed by atoms with Gasteiger partial charge in [0, 0.05) is 24.9 Å². The van der Waals surface area contributed by atoms with Crippen molar-refractivity contribution in [3.8, 4) is 0 Å². The van der Waals surface area contributed by atoms with Crippen molar-refractivity contribution in [3.05, 3.63) is 18.2 Å². The van der Waals surface area contributed by atoms with Gasteiger partial charge in [-0.2, -0.15) is 0 Å². The van der Waals surface area contributed by atoms with Crippen LogP contribution in [0.1, 0.15) is 31.9 Å². The molecule has 0 saturated heterocycles. The molecule has 1 aromatic rings. The highest BCUT2D eigenvalue weighted by Gasteiger charge is 2.30. The molecule has 4 atom stereocenters. The highest BCUT2D eigenvalue weighted by molar-refractivity contribution is 5.95. The van der Waals surface area contributed by atoms with Crippen LogP contribution in [0.2, 0.25) is 0 Å². The number of guanidine groups is 1. The molecule has 3 amide bonds. The smallest absolute Gasteiger partial charge is 0.325 e. The summed E-state index contributed by atoms with van der Waals surface area (Å²) >= 11 is 0. The van der Waals surface area contributed by atoms with Gasteiger partial charge in [-0.05, 0) is 19.8 Å². The Morgan fingerprint density at radius 2 is 1.69 bits per heavy atom. The minimum absolute atomic E-state index is 0.00618. The molecule has 12 N–H and O–H groups in total. The summed E-state index contributed by atoms with van der Waals surface area (Å²) in [5.41, 5.74) is 16.9. The Labute approximate surface area is 200 Å². The summed E-state index contributed by atoms with van der Waals surface area (Å²) < 4.78 is 0. The Balaban J connectivity index is 2.92. The van der Waals surface area contributed by atoms with Crippen molar-refractivity contribution < 1.29 is 34.2 Å². The number of nitrogens with two attached hydrogens (primary N) is 3. The van der Waals surface area contributed by atoms with Crippen molar-refractivity contribution in [3.63, 3.8) is 0 Å². The molecular formula is C19H31N9O7. The normalized spacial score (nSPS) is 14.0. The average Bonchev–Trinajstić information content (AvgIpc) is 3.27. The van der Waals surface area contributed by atoms with Crippen LogP contribution in [-0.4, -0.2) is 86.5 Å². The van der Waals surface area contributed by atoms with E-state index in [9.17, 15) is 29.1 Å². The standard InChI is InChI=1S/C19H31N9O7/c1-9(18(34)35)26-16(32)12(3-2-4-24-19(21)22)27-17(33)13(6-14(29)30)28-15(31)11(20)5-10-7-23-8-25-10/h7-9,11-13H,2-6,20H2,1H3,(H,23,25)(H,26,32)(H,27,33)(H,28,31)(H,29,30)(H,34,35)(H4,21,22,24). The van der Waals surface area contributed by atoms with E-state index in [4.69, 9.17) is 22.3 Å². The fraction of sp³-hybridized carbons (Fsp3) is 0.526. The van der Waals surface area contributed by atoms with Crippen LogP contribution in [0.3, 0.4) is 0 Å². The first-order valence-corrected chi connectivity index (χ1v) is 10.5. The number of carbonyl (C=O) groups excluding carboxylic acids is 3. The Bertz CT molecular complexity index is 916. The van der Waals surface area contributed by atoms with E-state index >= 15 is 0 Å². The van der Waals surface area contributed by atoms with Gasteiger partial charge in [0.1, 0.15) is 18.1 Å². The fourth-order valence-corrected chi connectivity index (χ4v) is 2.81. The summed E-state index contributed by atoms with van der Waals surface area (Å²) in [4.78, 5) is 70.5. The minimum Gasteiger partial charge on any atom is -0.481 e. The monoisotopic (exact) mass is 497 g/mol. The first kappa shape index (κ1) is 28.8. The van der Waals surface area contributed by atoms with Crippen LogP contribution in [0.4, 0.5) is 0 Å². The molecule has 0 aliphatic heterocycles. The lowest BCUT2D eigenvalue weighted by Crippen LogP contribution is -2.57. The van der Waals surface area contributed by atoms with Crippen LogP contribution in [0.15, 0.2) is 17.5 Å². The Morgan fingerprint density at radius 1 is 1.06 bits per heavy atom. The average molecular weight is 498 g/mol. The van der Waals surface area contributed by atoms with Crippen molar-refractivity contribution in [2.75, 3.05) is 6.54 Å². The number of nitrogens with one attached hydrogen (secondary N) is 4. The number of H-pyrrole nitrogens is 1. The number of carboxylic acids is 2. The summed E-state index contributed by atoms with van der Waals surface area (Å²) in [7, 11) is 0. The molecule has 0 spiro atoms. The number of hydrogen-bond donors (Lipinski definition) is 9. The summed E-state index contributed by atoms with van der Waals surface area (Å²) in [6.45, 7) is 1.35. The van der Waals surface area contributed by atoms with E-state index in [2.05, 4.69) is 30.9 Å². The molecule has 0 aliphatic rings. The SMILES string of the molecule is CC(NC(=O)C(CCCN=C(N)N)NC(=O)C(CC(=O)O)NC(=O)C(N)Cc1cnc[nH]1)C(=O)O. The second kappa shape index (κ2) is 14.1. The van der Waals surface area contributed by atoms with Crippen molar-refractivity contribution in [1.82, 2.24) is 25.9 Å². The van der Waals surface area contributed by atoms with Gasteiger partial charge in [-0.1, -0.05) is 0 Å². The highest BCUT2D eigenvalue weighted by Crippen LogP contribution is 2.04. The molecule has 1 heterocycles. The van der Waals surface area contributed by atoms with Gasteiger partial charge in [0.05, 0.1) is 18.8 Å². The molecule has 0 bridgehead atoms. The second-order valence-corrected chi connectivity index (χ2v) is 7.63. The van der Waals surface area contributed by atoms with E-state index in [1.54, 1.807) is 0 Å². The van der Waals surface area contributed by atoms with Crippen molar-refractivity contribution >= 4 is 35.6 Å². The summed E-state index contributed by atoms with van der Waals surface area (Å²) in [6, 6.07) is -5.19. The molecule has 0 fully saturated rings. The molecule has 1 rings (SSSR count). The largest absolute Gasteiger partial charge is 0.481 e. The molecule has 16 heteroatoms. The number of rotatable bonds is 15. The number of imidazole rings is 1. The van der Waals surface area contributed by atoms with Crippen molar-refractivity contribution in [2.24, 2.45) is 22.2 Å². The summed E-state index contributed by atoms with van der Waals surface area (Å²) in [5.74, 6) is -5.46. The van der Waals surface area contributed by atoms with Gasteiger partial charge >= 0.3 is 11.9 Å². The minimum atomic E-state index is -1.56. The van der Waals surface area contributed by atoms with Crippen molar-refractivity contribution in [1.29, 1.82) is 0 Å². The third-order valence-corrected chi connectivity index (χ3v) is 4.65. The Morgan fingerprint density at radius 3 is 2.23 bits per heavy atom. The maximum atomic E-state index is 12.8. The first-order valence-electron chi connectivity index (χ1n) is 10.5. The topological polar surface area (TPSA) is 281 Å². The third kappa shape index (κ3) is 11.0. The Hall–Kier alpha value is -4.21. The van der Waals surface area contributed by atoms with E-state index in [1.807, 2.05) is 0 Å². The number of carboxylic acid groups (broad SMARTS) is 2. The van der Waals surface area contributed by atoms with Crippen LogP contribution in [0.5, 0.6) is 0 Å². The molecule has 0 aliphatic carbocycles. The van der Waals surface area contributed by atoms with Crippen LogP contribution in [0.25, 0.3) is 0 Å². The maximum Gasteiger partial charge on any atom is 0.325 e. The third-order valence-electron chi connectivity index (χ3n) is 4.65. The second-order valence-electron chi connectivity index (χ2n) is 7.63. The number of aliphatic carboxylic acids is 2. The van der Waals surface area contributed by atoms with Gasteiger partial charge in [-0.3, -0.25) is 29.0 Å². The van der Waals surface area contributed by atoms with Crippen LogP contribution < -0.4 is 33.2 Å².